The molecule has 2 N–H and O–H groups in total. The Morgan fingerprint density at radius 1 is 1.50 bits per heavy atom. The van der Waals surface area contributed by atoms with Crippen molar-refractivity contribution in [2.45, 2.75) is 26.9 Å². The highest BCUT2D eigenvalue weighted by Crippen LogP contribution is 1.89. The van der Waals surface area contributed by atoms with Crippen LogP contribution >= 0.6 is 0 Å². The van der Waals surface area contributed by atoms with Crippen LogP contribution in [0.3, 0.4) is 0 Å². The van der Waals surface area contributed by atoms with E-state index in [-0.39, 0.29) is 11.8 Å². The molecule has 1 amide bonds. The van der Waals surface area contributed by atoms with Crippen LogP contribution in [0.2, 0.25) is 0 Å². The minimum Gasteiger partial charge on any atom is -0.392 e. The van der Waals surface area contributed by atoms with Crippen molar-refractivity contribution in [1.82, 2.24) is 5.32 Å². The van der Waals surface area contributed by atoms with E-state index in [4.69, 9.17) is 5.11 Å². The molecule has 3 heteroatoms. The Hall–Kier alpha value is -0.570. The minimum absolute atomic E-state index is 0.00116. The quantitative estimate of drug-likeness (QED) is 0.593. The molecule has 3 nitrogen and oxygen atoms in total. The van der Waals surface area contributed by atoms with Gasteiger partial charge in [0.2, 0.25) is 5.91 Å². The summed E-state index contributed by atoms with van der Waals surface area (Å²) >= 11 is 0. The molecule has 1 atom stereocenters. The number of rotatable bonds is 3. The van der Waals surface area contributed by atoms with Crippen LogP contribution in [0.1, 0.15) is 20.8 Å². The van der Waals surface area contributed by atoms with Crippen LogP contribution in [0, 0.1) is 5.92 Å². The Bertz CT molecular complexity index is 110. The molecule has 0 spiro atoms. The molecule has 0 aromatic rings. The number of hydrogen-bond donors (Lipinski definition) is 2. The normalized spacial score (nSPS) is 13.3. The fourth-order valence-electron chi connectivity index (χ4n) is 0.452. The van der Waals surface area contributed by atoms with Crippen LogP contribution in [-0.4, -0.2) is 23.7 Å². The highest BCUT2D eigenvalue weighted by molar-refractivity contribution is 5.77. The molecule has 0 bridgehead atoms. The molecule has 0 saturated heterocycles. The van der Waals surface area contributed by atoms with Crippen LogP contribution < -0.4 is 5.32 Å². The van der Waals surface area contributed by atoms with Gasteiger partial charge in [-0.1, -0.05) is 13.8 Å². The van der Waals surface area contributed by atoms with Gasteiger partial charge >= 0.3 is 0 Å². The summed E-state index contributed by atoms with van der Waals surface area (Å²) in [7, 11) is 0. The second-order valence-corrected chi connectivity index (χ2v) is 2.75. The summed E-state index contributed by atoms with van der Waals surface area (Å²) in [5.41, 5.74) is 0. The monoisotopic (exact) mass is 145 g/mol. The van der Waals surface area contributed by atoms with Gasteiger partial charge in [0.25, 0.3) is 0 Å². The zero-order valence-corrected chi connectivity index (χ0v) is 6.72. The van der Waals surface area contributed by atoms with Gasteiger partial charge in [-0.3, -0.25) is 4.79 Å². The van der Waals surface area contributed by atoms with Crippen molar-refractivity contribution in [3.05, 3.63) is 0 Å². The first-order chi connectivity index (χ1) is 4.54. The number of amides is 1. The third-order valence-corrected chi connectivity index (χ3v) is 1.10. The summed E-state index contributed by atoms with van der Waals surface area (Å²) in [6, 6.07) is 0. The van der Waals surface area contributed by atoms with Gasteiger partial charge < -0.3 is 10.4 Å². The number of carbonyl (C=O) groups is 1. The molecule has 0 aliphatic rings. The lowest BCUT2D eigenvalue weighted by Crippen LogP contribution is -2.33. The van der Waals surface area contributed by atoms with Crippen molar-refractivity contribution in [3.63, 3.8) is 0 Å². The standard InChI is InChI=1S/C7H15NO2/c1-5(2)7(10)8-4-6(3)9/h5-6,9H,4H2,1-3H3,(H,8,10)/t6-/m0/s1. The summed E-state index contributed by atoms with van der Waals surface area (Å²) in [5, 5.41) is 11.4. The maximum Gasteiger partial charge on any atom is 0.222 e. The van der Waals surface area contributed by atoms with E-state index >= 15 is 0 Å². The minimum atomic E-state index is -0.456. The summed E-state index contributed by atoms with van der Waals surface area (Å²) in [6.07, 6.45) is -0.456. The molecule has 0 radical (unpaired) electrons. The topological polar surface area (TPSA) is 49.3 Å². The third kappa shape index (κ3) is 4.32. The van der Waals surface area contributed by atoms with Crippen LogP contribution in [0.25, 0.3) is 0 Å². The van der Waals surface area contributed by atoms with E-state index in [1.165, 1.54) is 0 Å². The zero-order chi connectivity index (χ0) is 8.15. The second-order valence-electron chi connectivity index (χ2n) is 2.75. The van der Waals surface area contributed by atoms with E-state index in [1.54, 1.807) is 6.92 Å². The molecule has 0 aliphatic heterocycles. The van der Waals surface area contributed by atoms with Crippen LogP contribution in [-0.2, 0) is 4.79 Å². The number of aliphatic hydroxyl groups is 1. The molecule has 0 aromatic heterocycles. The Morgan fingerprint density at radius 2 is 2.00 bits per heavy atom. The molecule has 0 aliphatic carbocycles. The van der Waals surface area contributed by atoms with E-state index in [9.17, 15) is 4.79 Å². The number of nitrogens with one attached hydrogen (secondary N) is 1. The van der Waals surface area contributed by atoms with Gasteiger partial charge in [0, 0.05) is 12.5 Å². The smallest absolute Gasteiger partial charge is 0.222 e. The molecule has 0 aromatic carbocycles. The Kier molecular flexibility index (Phi) is 4.03. The number of carbonyl (C=O) groups excluding carboxylic acids is 1. The van der Waals surface area contributed by atoms with E-state index in [0.29, 0.717) is 6.54 Å². The zero-order valence-electron chi connectivity index (χ0n) is 6.72. The maximum atomic E-state index is 10.8. The van der Waals surface area contributed by atoms with Gasteiger partial charge in [-0.15, -0.1) is 0 Å². The molecular formula is C7H15NO2. The van der Waals surface area contributed by atoms with E-state index < -0.39 is 6.10 Å². The van der Waals surface area contributed by atoms with Gasteiger partial charge in [0.1, 0.15) is 0 Å². The van der Waals surface area contributed by atoms with Gasteiger partial charge in [-0.25, -0.2) is 0 Å². The number of aliphatic hydroxyl groups excluding tert-OH is 1. The summed E-state index contributed by atoms with van der Waals surface area (Å²) < 4.78 is 0. The van der Waals surface area contributed by atoms with Crippen LogP contribution in [0.4, 0.5) is 0 Å². The van der Waals surface area contributed by atoms with Crippen molar-refractivity contribution >= 4 is 5.91 Å². The van der Waals surface area contributed by atoms with E-state index in [1.807, 2.05) is 13.8 Å². The van der Waals surface area contributed by atoms with Crippen LogP contribution in [0.5, 0.6) is 0 Å². The van der Waals surface area contributed by atoms with Crippen LogP contribution in [0.15, 0.2) is 0 Å². The highest BCUT2D eigenvalue weighted by atomic mass is 16.3. The number of hydrogen-bond acceptors (Lipinski definition) is 2. The van der Waals surface area contributed by atoms with E-state index in [2.05, 4.69) is 5.32 Å². The van der Waals surface area contributed by atoms with Crippen molar-refractivity contribution in [1.29, 1.82) is 0 Å². The summed E-state index contributed by atoms with van der Waals surface area (Å²) in [6.45, 7) is 5.62. The molecule has 0 saturated carbocycles. The van der Waals surface area contributed by atoms with Crippen molar-refractivity contribution in [2.24, 2.45) is 5.92 Å². The molecular weight excluding hydrogens is 130 g/mol. The molecule has 0 unspecified atom stereocenters. The largest absolute Gasteiger partial charge is 0.392 e. The fraction of sp³-hybridized carbons (Fsp3) is 0.857. The Labute approximate surface area is 61.4 Å². The Balaban J connectivity index is 3.40. The first kappa shape index (κ1) is 9.43. The van der Waals surface area contributed by atoms with Gasteiger partial charge in [0.15, 0.2) is 0 Å². The average molecular weight is 145 g/mol. The predicted octanol–water partition coefficient (Wildman–Crippen LogP) is 0.139. The lowest BCUT2D eigenvalue weighted by molar-refractivity contribution is -0.124. The van der Waals surface area contributed by atoms with Gasteiger partial charge in [-0.2, -0.15) is 0 Å². The second kappa shape index (κ2) is 4.28. The van der Waals surface area contributed by atoms with Gasteiger partial charge in [-0.05, 0) is 6.92 Å². The molecule has 0 heterocycles. The first-order valence-electron chi connectivity index (χ1n) is 3.49. The maximum absolute atomic E-state index is 10.8. The van der Waals surface area contributed by atoms with E-state index in [0.717, 1.165) is 0 Å². The van der Waals surface area contributed by atoms with Gasteiger partial charge in [0.05, 0.1) is 6.10 Å². The predicted molar refractivity (Wildman–Crippen MR) is 39.5 cm³/mol. The first-order valence-corrected chi connectivity index (χ1v) is 3.49. The average Bonchev–Trinajstić information content (AvgIpc) is 1.82. The SMILES string of the molecule is CC(C)C(=O)NC[C@H](C)O. The lowest BCUT2D eigenvalue weighted by atomic mass is 10.2. The Morgan fingerprint density at radius 3 is 2.30 bits per heavy atom. The summed E-state index contributed by atoms with van der Waals surface area (Å²) in [4.78, 5) is 10.8. The third-order valence-electron chi connectivity index (χ3n) is 1.10. The lowest BCUT2D eigenvalue weighted by Gasteiger charge is -2.08. The molecule has 0 fully saturated rings. The molecule has 60 valence electrons. The van der Waals surface area contributed by atoms with Crippen molar-refractivity contribution < 1.29 is 9.90 Å². The van der Waals surface area contributed by atoms with Crippen molar-refractivity contribution in [2.75, 3.05) is 6.54 Å². The highest BCUT2D eigenvalue weighted by Gasteiger charge is 2.05. The fourth-order valence-corrected chi connectivity index (χ4v) is 0.452. The molecule has 0 rings (SSSR count). The summed E-state index contributed by atoms with van der Waals surface area (Å²) in [5.74, 6) is -0.0142. The van der Waals surface area contributed by atoms with Crippen molar-refractivity contribution in [3.8, 4) is 0 Å². The molecule has 10 heavy (non-hydrogen) atoms.